The molecular weight excluding hydrogens is 354 g/mol. The van der Waals surface area contributed by atoms with Gasteiger partial charge in [-0.05, 0) is 30.7 Å². The number of fused-ring (bicyclic) bond motifs is 1. The number of nitrogens with zero attached hydrogens (tertiary/aromatic N) is 5. The summed E-state index contributed by atoms with van der Waals surface area (Å²) in [5.74, 6) is 0. The predicted octanol–water partition coefficient (Wildman–Crippen LogP) is 4.72. The van der Waals surface area contributed by atoms with Crippen LogP contribution in [0, 0.1) is 0 Å². The minimum Gasteiger partial charge on any atom is -0.227 e. The van der Waals surface area contributed by atoms with E-state index in [0.717, 1.165) is 10.7 Å². The van der Waals surface area contributed by atoms with Gasteiger partial charge in [-0.25, -0.2) is 9.97 Å². The molecule has 25 heavy (non-hydrogen) atoms. The molecule has 2 aromatic carbocycles. The maximum atomic E-state index is 6.08. The van der Waals surface area contributed by atoms with Gasteiger partial charge in [-0.1, -0.05) is 65.0 Å². The quantitative estimate of drug-likeness (QED) is 0.386. The third-order valence-electron chi connectivity index (χ3n) is 3.81. The summed E-state index contributed by atoms with van der Waals surface area (Å²) in [6.45, 7) is 2.15. The summed E-state index contributed by atoms with van der Waals surface area (Å²) in [6.07, 6.45) is 1.55. The summed E-state index contributed by atoms with van der Waals surface area (Å²) in [4.78, 5) is 8.77. The summed E-state index contributed by atoms with van der Waals surface area (Å²) < 4.78 is 1.68. The van der Waals surface area contributed by atoms with Crippen LogP contribution in [-0.2, 0) is 0 Å². The first-order valence-electron chi connectivity index (χ1n) is 7.76. The van der Waals surface area contributed by atoms with Gasteiger partial charge in [0, 0.05) is 10.3 Å². The molecule has 0 bridgehead atoms. The van der Waals surface area contributed by atoms with Crippen molar-refractivity contribution in [2.75, 3.05) is 0 Å². The molecule has 0 aliphatic carbocycles. The smallest absolute Gasteiger partial charge is 0.187 e. The fourth-order valence-corrected chi connectivity index (χ4v) is 3.72. The Morgan fingerprint density at radius 3 is 2.68 bits per heavy atom. The van der Waals surface area contributed by atoms with Gasteiger partial charge in [-0.15, -0.1) is 5.10 Å². The van der Waals surface area contributed by atoms with E-state index in [1.165, 1.54) is 5.56 Å². The molecule has 0 amide bonds. The average molecular weight is 368 g/mol. The molecule has 0 saturated heterocycles. The van der Waals surface area contributed by atoms with Gasteiger partial charge in [0.15, 0.2) is 11.2 Å². The highest BCUT2D eigenvalue weighted by molar-refractivity contribution is 7.99. The third kappa shape index (κ3) is 3.23. The lowest BCUT2D eigenvalue weighted by molar-refractivity contribution is 0.817. The van der Waals surface area contributed by atoms with Crippen molar-refractivity contribution in [2.24, 2.45) is 0 Å². The van der Waals surface area contributed by atoms with E-state index in [4.69, 9.17) is 11.6 Å². The first-order chi connectivity index (χ1) is 12.2. The van der Waals surface area contributed by atoms with E-state index >= 15 is 0 Å². The van der Waals surface area contributed by atoms with Crippen molar-refractivity contribution in [3.05, 3.63) is 71.5 Å². The Balaban J connectivity index is 1.72. The maximum absolute atomic E-state index is 6.08. The second kappa shape index (κ2) is 6.82. The molecule has 0 unspecified atom stereocenters. The second-order valence-corrected chi connectivity index (χ2v) is 7.27. The topological polar surface area (TPSA) is 56.5 Å². The van der Waals surface area contributed by atoms with E-state index in [2.05, 4.69) is 39.3 Å². The Kier molecular flexibility index (Phi) is 4.38. The Morgan fingerprint density at radius 2 is 1.88 bits per heavy atom. The first kappa shape index (κ1) is 16.1. The summed E-state index contributed by atoms with van der Waals surface area (Å²) >= 11 is 7.73. The number of rotatable bonds is 4. The van der Waals surface area contributed by atoms with Gasteiger partial charge in [0.05, 0.1) is 5.69 Å². The van der Waals surface area contributed by atoms with Crippen LogP contribution in [0.5, 0.6) is 0 Å². The van der Waals surface area contributed by atoms with Gasteiger partial charge in [-0.3, -0.25) is 0 Å². The first-order valence-corrected chi connectivity index (χ1v) is 9.02. The number of aromatic nitrogens is 5. The average Bonchev–Trinajstić information content (AvgIpc) is 3.07. The summed E-state index contributed by atoms with van der Waals surface area (Å²) in [5, 5.41) is 10.2. The molecule has 0 aliphatic rings. The fourth-order valence-electron chi connectivity index (χ4n) is 2.56. The number of halogens is 1. The lowest BCUT2D eigenvalue weighted by Gasteiger charge is -2.10. The minimum absolute atomic E-state index is 0.246. The molecule has 0 aliphatic heterocycles. The van der Waals surface area contributed by atoms with Gasteiger partial charge in [0.2, 0.25) is 0 Å². The zero-order valence-corrected chi connectivity index (χ0v) is 14.9. The Hall–Kier alpha value is -2.44. The highest BCUT2D eigenvalue weighted by Crippen LogP contribution is 2.36. The molecule has 124 valence electrons. The number of hydrogen-bond donors (Lipinski definition) is 0. The molecule has 0 spiro atoms. The molecule has 0 fully saturated rings. The molecule has 0 N–H and O–H groups in total. The molecule has 5 nitrogen and oxygen atoms in total. The number of hydrogen-bond acceptors (Lipinski definition) is 5. The van der Waals surface area contributed by atoms with Crippen molar-refractivity contribution < 1.29 is 0 Å². The SMILES string of the molecule is C[C@@H](Sc1ncnc2c1nnn2-c1cccc(Cl)c1)c1ccccc1. The largest absolute Gasteiger partial charge is 0.227 e. The van der Waals surface area contributed by atoms with Gasteiger partial charge < -0.3 is 0 Å². The van der Waals surface area contributed by atoms with Gasteiger partial charge in [0.1, 0.15) is 11.4 Å². The zero-order chi connectivity index (χ0) is 17.2. The second-order valence-electron chi connectivity index (χ2n) is 5.50. The van der Waals surface area contributed by atoms with Crippen molar-refractivity contribution in [3.8, 4) is 5.69 Å². The van der Waals surface area contributed by atoms with Crippen LogP contribution in [0.4, 0.5) is 0 Å². The standard InChI is InChI=1S/C18H14ClN5S/c1-12(13-6-3-2-4-7-13)25-18-16-17(20-11-21-18)24(23-22-16)15-9-5-8-14(19)10-15/h2-12H,1H3/t12-/m1/s1. The van der Waals surface area contributed by atoms with Crippen molar-refractivity contribution in [3.63, 3.8) is 0 Å². The molecule has 4 rings (SSSR count). The lowest BCUT2D eigenvalue weighted by Crippen LogP contribution is -1.98. The summed E-state index contributed by atoms with van der Waals surface area (Å²) in [6, 6.07) is 17.8. The van der Waals surface area contributed by atoms with Crippen LogP contribution in [0.15, 0.2) is 66.0 Å². The van der Waals surface area contributed by atoms with Crippen LogP contribution in [-0.4, -0.2) is 25.0 Å². The van der Waals surface area contributed by atoms with Gasteiger partial charge in [-0.2, -0.15) is 4.68 Å². The molecule has 2 heterocycles. The maximum Gasteiger partial charge on any atom is 0.187 e. The van der Waals surface area contributed by atoms with E-state index in [0.29, 0.717) is 16.2 Å². The number of benzene rings is 2. The van der Waals surface area contributed by atoms with Crippen LogP contribution in [0.2, 0.25) is 5.02 Å². The zero-order valence-electron chi connectivity index (χ0n) is 13.4. The van der Waals surface area contributed by atoms with Crippen molar-refractivity contribution >= 4 is 34.5 Å². The van der Waals surface area contributed by atoms with Gasteiger partial charge >= 0.3 is 0 Å². The lowest BCUT2D eigenvalue weighted by atomic mass is 10.2. The van der Waals surface area contributed by atoms with E-state index in [-0.39, 0.29) is 5.25 Å². The molecular formula is C18H14ClN5S. The predicted molar refractivity (Wildman–Crippen MR) is 100 cm³/mol. The van der Waals surface area contributed by atoms with E-state index in [1.807, 2.05) is 42.5 Å². The van der Waals surface area contributed by atoms with Crippen LogP contribution in [0.1, 0.15) is 17.7 Å². The summed E-state index contributed by atoms with van der Waals surface area (Å²) in [7, 11) is 0. The van der Waals surface area contributed by atoms with Crippen molar-refractivity contribution in [1.29, 1.82) is 0 Å². The molecule has 7 heteroatoms. The molecule has 4 aromatic rings. The monoisotopic (exact) mass is 367 g/mol. The van der Waals surface area contributed by atoms with Crippen LogP contribution in [0.25, 0.3) is 16.9 Å². The Bertz CT molecular complexity index is 1020. The Morgan fingerprint density at radius 1 is 1.04 bits per heavy atom. The van der Waals surface area contributed by atoms with Crippen LogP contribution >= 0.6 is 23.4 Å². The molecule has 0 saturated carbocycles. The number of thioether (sulfide) groups is 1. The highest BCUT2D eigenvalue weighted by Gasteiger charge is 2.16. The van der Waals surface area contributed by atoms with Crippen LogP contribution in [0.3, 0.4) is 0 Å². The normalized spacial score (nSPS) is 12.4. The Labute approximate surface area is 154 Å². The third-order valence-corrected chi connectivity index (χ3v) is 5.20. The minimum atomic E-state index is 0.246. The van der Waals surface area contributed by atoms with E-state index < -0.39 is 0 Å². The van der Waals surface area contributed by atoms with Crippen molar-refractivity contribution in [1.82, 2.24) is 25.0 Å². The van der Waals surface area contributed by atoms with Crippen LogP contribution < -0.4 is 0 Å². The fraction of sp³-hybridized carbons (Fsp3) is 0.111. The summed E-state index contributed by atoms with van der Waals surface area (Å²) in [5.41, 5.74) is 3.41. The molecule has 0 radical (unpaired) electrons. The molecule has 2 aromatic heterocycles. The van der Waals surface area contributed by atoms with Gasteiger partial charge in [0.25, 0.3) is 0 Å². The van der Waals surface area contributed by atoms with E-state index in [1.54, 1.807) is 22.8 Å². The highest BCUT2D eigenvalue weighted by atomic mass is 35.5. The van der Waals surface area contributed by atoms with E-state index in [9.17, 15) is 0 Å². The molecule has 1 atom stereocenters. The van der Waals surface area contributed by atoms with Crippen molar-refractivity contribution in [2.45, 2.75) is 17.2 Å².